The topological polar surface area (TPSA) is 86.6 Å². The van der Waals surface area contributed by atoms with Gasteiger partial charge in [-0.2, -0.15) is 5.10 Å². The summed E-state index contributed by atoms with van der Waals surface area (Å²) in [6, 6.07) is 7.97. The van der Waals surface area contributed by atoms with E-state index in [-0.39, 0.29) is 29.4 Å². The highest BCUT2D eigenvalue weighted by atomic mass is 35.5. The number of benzene rings is 1. The zero-order chi connectivity index (χ0) is 29.6. The Morgan fingerprint density at radius 3 is 2.19 bits per heavy atom. The molecule has 3 saturated heterocycles. The normalized spacial score (nSPS) is 22.6. The van der Waals surface area contributed by atoms with E-state index in [4.69, 9.17) is 11.6 Å². The molecule has 3 amide bonds. The Balaban J connectivity index is 1.11. The highest BCUT2D eigenvalue weighted by molar-refractivity contribution is 6.30. The first-order valence-corrected chi connectivity index (χ1v) is 17.0. The summed E-state index contributed by atoms with van der Waals surface area (Å²) >= 11 is 6.18. The van der Waals surface area contributed by atoms with Crippen molar-refractivity contribution in [2.45, 2.75) is 95.7 Å². The van der Waals surface area contributed by atoms with Gasteiger partial charge >= 0.3 is 6.03 Å². The Hall–Kier alpha value is -2.65. The molecule has 4 heterocycles. The van der Waals surface area contributed by atoms with E-state index in [1.807, 2.05) is 45.1 Å². The highest BCUT2D eigenvalue weighted by Crippen LogP contribution is 2.47. The molecule has 1 aliphatic carbocycles. The van der Waals surface area contributed by atoms with Gasteiger partial charge in [0.2, 0.25) is 5.91 Å². The Bertz CT molecular complexity index is 1180. The second kappa shape index (κ2) is 14.0. The zero-order valence-corrected chi connectivity index (χ0v) is 26.3. The number of nitrogens with zero attached hydrogens (tertiary/aromatic N) is 6. The van der Waals surface area contributed by atoms with Crippen molar-refractivity contribution < 1.29 is 9.59 Å². The second-order valence-electron chi connectivity index (χ2n) is 13.4. The van der Waals surface area contributed by atoms with Crippen LogP contribution in [0.5, 0.6) is 0 Å². The van der Waals surface area contributed by atoms with Crippen molar-refractivity contribution in [3.05, 3.63) is 47.5 Å². The van der Waals surface area contributed by atoms with Crippen LogP contribution in [0.2, 0.25) is 5.02 Å². The second-order valence-corrected chi connectivity index (χ2v) is 13.8. The maximum absolute atomic E-state index is 14.2. The van der Waals surface area contributed by atoms with Crippen LogP contribution < -0.4 is 5.32 Å². The number of halogens is 1. The average Bonchev–Trinajstić information content (AvgIpc) is 3.78. The van der Waals surface area contributed by atoms with Crippen molar-refractivity contribution >= 4 is 23.5 Å². The predicted octanol–water partition coefficient (Wildman–Crippen LogP) is 5.00. The van der Waals surface area contributed by atoms with E-state index in [0.29, 0.717) is 17.4 Å². The molecule has 3 aliphatic heterocycles. The Morgan fingerprint density at radius 1 is 0.860 bits per heavy atom. The molecule has 0 bridgehead atoms. The van der Waals surface area contributed by atoms with Gasteiger partial charge in [0.25, 0.3) is 0 Å². The maximum atomic E-state index is 14.2. The van der Waals surface area contributed by atoms with Crippen LogP contribution in [-0.4, -0.2) is 92.8 Å². The van der Waals surface area contributed by atoms with Gasteiger partial charge in [-0.15, -0.1) is 0 Å². The summed E-state index contributed by atoms with van der Waals surface area (Å²) in [5.41, 5.74) is 1.27. The van der Waals surface area contributed by atoms with Crippen LogP contribution in [-0.2, 0) is 17.8 Å². The summed E-state index contributed by atoms with van der Waals surface area (Å²) in [4.78, 5) is 37.5. The van der Waals surface area contributed by atoms with Crippen molar-refractivity contribution in [1.82, 2.24) is 34.8 Å². The first-order valence-electron chi connectivity index (χ1n) is 16.6. The van der Waals surface area contributed by atoms with Gasteiger partial charge in [0.05, 0.1) is 6.04 Å². The number of nitrogens with one attached hydrogen (secondary N) is 1. The summed E-state index contributed by atoms with van der Waals surface area (Å²) in [5.74, 6) is 0.877. The number of aromatic nitrogens is 3. The molecule has 0 spiro atoms. The highest BCUT2D eigenvalue weighted by Gasteiger charge is 2.44. The summed E-state index contributed by atoms with van der Waals surface area (Å²) in [6.45, 7) is 5.70. The van der Waals surface area contributed by atoms with Gasteiger partial charge in [-0.1, -0.05) is 43.0 Å². The van der Waals surface area contributed by atoms with Crippen LogP contribution in [0.15, 0.2) is 36.9 Å². The molecule has 9 nitrogen and oxygen atoms in total. The quantitative estimate of drug-likeness (QED) is 0.455. The third kappa shape index (κ3) is 7.36. The fourth-order valence-corrected chi connectivity index (χ4v) is 8.27. The van der Waals surface area contributed by atoms with E-state index in [1.165, 1.54) is 32.1 Å². The van der Waals surface area contributed by atoms with Crippen LogP contribution in [0.1, 0.15) is 76.2 Å². The molecular formula is C33H48ClN7O2. The number of carbonyl (C=O) groups is 2. The standard InChI is InChI=1S/C33H48ClN7O2/c34-28-10-8-26(9-11-28)22-30(37-29-12-18-40(19-13-29)32(43)39-16-4-5-17-39)31(42)38-20-14-33(15-21-38,23-41-25-35-24-36-41)27-6-2-1-3-7-27/h8-11,24-25,27,29-30,37H,1-7,12-23H2/t30-/m1/s1. The number of amides is 3. The summed E-state index contributed by atoms with van der Waals surface area (Å²) in [5, 5.41) is 8.94. The van der Waals surface area contributed by atoms with Gasteiger partial charge in [0.15, 0.2) is 0 Å². The van der Waals surface area contributed by atoms with Crippen LogP contribution in [0.25, 0.3) is 0 Å². The molecule has 1 aromatic carbocycles. The molecule has 10 heteroatoms. The van der Waals surface area contributed by atoms with Gasteiger partial charge in [0.1, 0.15) is 12.7 Å². The van der Waals surface area contributed by atoms with Gasteiger partial charge in [-0.25, -0.2) is 9.78 Å². The minimum absolute atomic E-state index is 0.165. The smallest absolute Gasteiger partial charge is 0.319 e. The van der Waals surface area contributed by atoms with Crippen LogP contribution >= 0.6 is 11.6 Å². The van der Waals surface area contributed by atoms with E-state index in [9.17, 15) is 9.59 Å². The number of urea groups is 1. The Morgan fingerprint density at radius 2 is 1.53 bits per heavy atom. The first kappa shape index (κ1) is 30.4. The van der Waals surface area contributed by atoms with Crippen molar-refractivity contribution in [2.75, 3.05) is 39.3 Å². The number of likely N-dealkylation sites (tertiary alicyclic amines) is 3. The number of rotatable bonds is 8. The van der Waals surface area contributed by atoms with Gasteiger partial charge in [0, 0.05) is 56.9 Å². The lowest BCUT2D eigenvalue weighted by atomic mass is 9.63. The van der Waals surface area contributed by atoms with E-state index >= 15 is 0 Å². The number of carbonyl (C=O) groups excluding carboxylic acids is 2. The number of hydrogen-bond donors (Lipinski definition) is 1. The minimum Gasteiger partial charge on any atom is -0.341 e. The van der Waals surface area contributed by atoms with Gasteiger partial charge < -0.3 is 20.0 Å². The maximum Gasteiger partial charge on any atom is 0.319 e. The third-order valence-electron chi connectivity index (χ3n) is 10.7. The molecule has 234 valence electrons. The zero-order valence-electron chi connectivity index (χ0n) is 25.5. The molecule has 43 heavy (non-hydrogen) atoms. The molecule has 6 rings (SSSR count). The molecule has 4 aliphatic rings. The summed E-state index contributed by atoms with van der Waals surface area (Å²) in [7, 11) is 0. The van der Waals surface area contributed by atoms with Crippen LogP contribution in [0.4, 0.5) is 4.79 Å². The van der Waals surface area contributed by atoms with Crippen molar-refractivity contribution in [3.63, 3.8) is 0 Å². The van der Waals surface area contributed by atoms with Crippen molar-refractivity contribution in [1.29, 1.82) is 0 Å². The van der Waals surface area contributed by atoms with Crippen molar-refractivity contribution in [3.8, 4) is 0 Å². The SMILES string of the molecule is O=C([C@@H](Cc1ccc(Cl)cc1)NC1CCN(C(=O)N2CCCC2)CC1)N1CCC(Cn2cncn2)(C2CCCCC2)CC1. The first-order chi connectivity index (χ1) is 21.0. The minimum atomic E-state index is -0.301. The number of piperidine rings is 2. The Labute approximate surface area is 261 Å². The monoisotopic (exact) mass is 609 g/mol. The lowest BCUT2D eigenvalue weighted by molar-refractivity contribution is -0.137. The molecular weight excluding hydrogens is 562 g/mol. The van der Waals surface area contributed by atoms with Crippen LogP contribution in [0, 0.1) is 11.3 Å². The fourth-order valence-electron chi connectivity index (χ4n) is 8.14. The molecule has 1 N–H and O–H groups in total. The average molecular weight is 610 g/mol. The van der Waals surface area contributed by atoms with E-state index in [0.717, 1.165) is 89.9 Å². The van der Waals surface area contributed by atoms with Gasteiger partial charge in [-0.3, -0.25) is 9.48 Å². The predicted molar refractivity (Wildman–Crippen MR) is 168 cm³/mol. The number of hydrogen-bond acceptors (Lipinski definition) is 5. The molecule has 0 radical (unpaired) electrons. The molecule has 2 aromatic rings. The van der Waals surface area contributed by atoms with E-state index < -0.39 is 0 Å². The van der Waals surface area contributed by atoms with Crippen molar-refractivity contribution in [2.24, 2.45) is 11.3 Å². The summed E-state index contributed by atoms with van der Waals surface area (Å²) in [6.07, 6.45) is 16.6. The van der Waals surface area contributed by atoms with Gasteiger partial charge in [-0.05, 0) is 86.8 Å². The van der Waals surface area contributed by atoms with E-state index in [1.54, 1.807) is 6.33 Å². The molecule has 1 saturated carbocycles. The van der Waals surface area contributed by atoms with E-state index in [2.05, 4.69) is 20.3 Å². The Kier molecular flexibility index (Phi) is 9.87. The molecule has 1 aromatic heterocycles. The summed E-state index contributed by atoms with van der Waals surface area (Å²) < 4.78 is 2.01. The third-order valence-corrected chi connectivity index (χ3v) is 11.0. The molecule has 4 fully saturated rings. The lowest BCUT2D eigenvalue weighted by Crippen LogP contribution is -2.57. The molecule has 0 unspecified atom stereocenters. The largest absolute Gasteiger partial charge is 0.341 e. The lowest BCUT2D eigenvalue weighted by Gasteiger charge is -2.48. The molecule has 1 atom stereocenters. The fraction of sp³-hybridized carbons (Fsp3) is 0.697. The van der Waals surface area contributed by atoms with Crippen LogP contribution in [0.3, 0.4) is 0 Å².